The van der Waals surface area contributed by atoms with Crippen molar-refractivity contribution in [3.63, 3.8) is 0 Å². The smallest absolute Gasteiger partial charge is 0.161 e. The highest BCUT2D eigenvalue weighted by molar-refractivity contribution is 6.03. The number of hydrogen-bond acceptors (Lipinski definition) is 6. The topological polar surface area (TPSA) is 52.0 Å². The SMILES string of the molecule is C=C1c2nc3ccccc3n2C=C(c2ccc(OC)cc2)N1c1ccc(OCCN2CCOCC2)cc1. The molecule has 0 spiro atoms. The van der Waals surface area contributed by atoms with Crippen LogP contribution in [0.5, 0.6) is 11.5 Å². The summed E-state index contributed by atoms with van der Waals surface area (Å²) in [6.07, 6.45) is 2.13. The van der Waals surface area contributed by atoms with Gasteiger partial charge in [-0.1, -0.05) is 18.7 Å². The van der Waals surface area contributed by atoms with E-state index in [9.17, 15) is 0 Å². The Morgan fingerprint density at radius 2 is 1.65 bits per heavy atom. The first-order chi connectivity index (χ1) is 18.2. The molecule has 7 nitrogen and oxygen atoms in total. The Hall–Kier alpha value is -4.07. The molecule has 1 aromatic heterocycles. The van der Waals surface area contributed by atoms with Gasteiger partial charge in [0.25, 0.3) is 0 Å². The lowest BCUT2D eigenvalue weighted by Crippen LogP contribution is -2.38. The van der Waals surface area contributed by atoms with E-state index < -0.39 is 0 Å². The van der Waals surface area contributed by atoms with Crippen LogP contribution in [0.15, 0.2) is 79.4 Å². The van der Waals surface area contributed by atoms with E-state index >= 15 is 0 Å². The van der Waals surface area contributed by atoms with Gasteiger partial charge in [0.1, 0.15) is 18.1 Å². The summed E-state index contributed by atoms with van der Waals surface area (Å²) in [5, 5.41) is 0. The molecule has 37 heavy (non-hydrogen) atoms. The molecule has 3 aromatic carbocycles. The molecule has 0 N–H and O–H groups in total. The molecule has 2 aliphatic heterocycles. The number of fused-ring (bicyclic) bond motifs is 3. The number of ether oxygens (including phenoxy) is 3. The van der Waals surface area contributed by atoms with E-state index in [0.29, 0.717) is 6.61 Å². The van der Waals surface area contributed by atoms with Crippen LogP contribution in [-0.4, -0.2) is 61.0 Å². The van der Waals surface area contributed by atoms with Gasteiger partial charge in [0.2, 0.25) is 0 Å². The van der Waals surface area contributed by atoms with Crippen molar-refractivity contribution < 1.29 is 14.2 Å². The Morgan fingerprint density at radius 1 is 0.919 bits per heavy atom. The summed E-state index contributed by atoms with van der Waals surface area (Å²) in [7, 11) is 1.68. The van der Waals surface area contributed by atoms with Gasteiger partial charge in [-0.3, -0.25) is 9.47 Å². The molecule has 0 radical (unpaired) electrons. The molecular formula is C30H30N4O3. The summed E-state index contributed by atoms with van der Waals surface area (Å²) in [4.78, 5) is 9.41. The average Bonchev–Trinajstić information content (AvgIpc) is 3.33. The second-order valence-corrected chi connectivity index (χ2v) is 9.12. The summed E-state index contributed by atoms with van der Waals surface area (Å²) in [6, 6.07) is 24.4. The molecule has 7 heteroatoms. The molecule has 6 rings (SSSR count). The molecule has 4 aromatic rings. The summed E-state index contributed by atoms with van der Waals surface area (Å²) in [5.74, 6) is 2.49. The van der Waals surface area contributed by atoms with Crippen LogP contribution in [0.1, 0.15) is 11.4 Å². The molecule has 0 aliphatic carbocycles. The zero-order chi connectivity index (χ0) is 25.2. The molecule has 1 fully saturated rings. The van der Waals surface area contributed by atoms with E-state index in [0.717, 1.165) is 83.8 Å². The zero-order valence-electron chi connectivity index (χ0n) is 21.0. The van der Waals surface area contributed by atoms with Gasteiger partial charge in [-0.05, 0) is 60.7 Å². The van der Waals surface area contributed by atoms with Crippen molar-refractivity contribution in [1.82, 2.24) is 14.5 Å². The molecule has 0 saturated carbocycles. The molecule has 0 atom stereocenters. The van der Waals surface area contributed by atoms with E-state index in [4.69, 9.17) is 19.2 Å². The Labute approximate surface area is 216 Å². The fourth-order valence-corrected chi connectivity index (χ4v) is 4.87. The first kappa shape index (κ1) is 23.3. The molecule has 0 unspecified atom stereocenters. The molecule has 2 aliphatic rings. The van der Waals surface area contributed by atoms with Crippen LogP contribution in [-0.2, 0) is 4.74 Å². The number of anilines is 1. The number of para-hydroxylation sites is 2. The fourth-order valence-electron chi connectivity index (χ4n) is 4.87. The molecular weight excluding hydrogens is 464 g/mol. The number of methoxy groups -OCH3 is 1. The van der Waals surface area contributed by atoms with Crippen LogP contribution in [0.4, 0.5) is 5.69 Å². The first-order valence-corrected chi connectivity index (χ1v) is 12.6. The largest absolute Gasteiger partial charge is 0.497 e. The number of aromatic nitrogens is 2. The number of imidazole rings is 1. The average molecular weight is 495 g/mol. The van der Waals surface area contributed by atoms with Crippen molar-refractivity contribution in [2.24, 2.45) is 0 Å². The molecule has 3 heterocycles. The van der Waals surface area contributed by atoms with E-state index in [2.05, 4.69) is 57.5 Å². The third kappa shape index (κ3) is 4.59. The van der Waals surface area contributed by atoms with E-state index in [1.807, 2.05) is 42.5 Å². The van der Waals surface area contributed by atoms with Gasteiger partial charge in [0.15, 0.2) is 5.82 Å². The monoisotopic (exact) mass is 494 g/mol. The third-order valence-electron chi connectivity index (χ3n) is 6.88. The normalized spacial score (nSPS) is 16.0. The van der Waals surface area contributed by atoms with Gasteiger partial charge >= 0.3 is 0 Å². The molecule has 0 bridgehead atoms. The van der Waals surface area contributed by atoms with E-state index in [1.165, 1.54) is 0 Å². The first-order valence-electron chi connectivity index (χ1n) is 12.6. The van der Waals surface area contributed by atoms with Crippen molar-refractivity contribution >= 4 is 34.3 Å². The van der Waals surface area contributed by atoms with Gasteiger partial charge in [0, 0.05) is 37.1 Å². The summed E-state index contributed by atoms with van der Waals surface area (Å²) < 4.78 is 19.0. The van der Waals surface area contributed by atoms with Crippen LogP contribution in [0.3, 0.4) is 0 Å². The standard InChI is InChI=1S/C30H30N4O3/c1-22-30-31-27-5-3-4-6-28(27)33(30)21-29(23-7-11-25(35-2)12-8-23)34(22)24-9-13-26(14-10-24)37-20-17-32-15-18-36-19-16-32/h3-14,21H,1,15-20H2,2H3. The number of morpholine rings is 1. The van der Waals surface area contributed by atoms with Crippen LogP contribution < -0.4 is 14.4 Å². The number of rotatable bonds is 7. The highest BCUT2D eigenvalue weighted by Crippen LogP contribution is 2.40. The molecule has 188 valence electrons. The van der Waals surface area contributed by atoms with Gasteiger partial charge in [-0.15, -0.1) is 0 Å². The summed E-state index contributed by atoms with van der Waals surface area (Å²) in [5.41, 5.74) is 5.85. The molecule has 0 amide bonds. The van der Waals surface area contributed by atoms with Crippen molar-refractivity contribution in [2.45, 2.75) is 0 Å². The summed E-state index contributed by atoms with van der Waals surface area (Å²) in [6.45, 7) is 9.54. The Balaban J connectivity index is 1.30. The minimum absolute atomic E-state index is 0.650. The highest BCUT2D eigenvalue weighted by atomic mass is 16.5. The lowest BCUT2D eigenvalue weighted by atomic mass is 10.1. The maximum absolute atomic E-state index is 6.04. The van der Waals surface area contributed by atoms with E-state index in [1.54, 1.807) is 7.11 Å². The minimum Gasteiger partial charge on any atom is -0.497 e. The Bertz CT molecular complexity index is 1430. The van der Waals surface area contributed by atoms with Crippen LogP contribution >= 0.6 is 0 Å². The van der Waals surface area contributed by atoms with Gasteiger partial charge in [0.05, 0.1) is 42.8 Å². The number of nitrogens with zero attached hydrogens (tertiary/aromatic N) is 4. The third-order valence-corrected chi connectivity index (χ3v) is 6.88. The highest BCUT2D eigenvalue weighted by Gasteiger charge is 2.27. The minimum atomic E-state index is 0.650. The number of benzene rings is 3. The summed E-state index contributed by atoms with van der Waals surface area (Å²) >= 11 is 0. The van der Waals surface area contributed by atoms with Crippen LogP contribution in [0.2, 0.25) is 0 Å². The van der Waals surface area contributed by atoms with Gasteiger partial charge < -0.3 is 19.1 Å². The predicted octanol–water partition coefficient (Wildman–Crippen LogP) is 5.20. The van der Waals surface area contributed by atoms with Gasteiger partial charge in [-0.25, -0.2) is 4.98 Å². The lowest BCUT2D eigenvalue weighted by Gasteiger charge is -2.33. The predicted molar refractivity (Wildman–Crippen MR) is 148 cm³/mol. The van der Waals surface area contributed by atoms with Crippen molar-refractivity contribution in [3.05, 3.63) is 90.8 Å². The van der Waals surface area contributed by atoms with Crippen molar-refractivity contribution in [3.8, 4) is 11.5 Å². The van der Waals surface area contributed by atoms with E-state index in [-0.39, 0.29) is 0 Å². The van der Waals surface area contributed by atoms with Crippen molar-refractivity contribution in [1.29, 1.82) is 0 Å². The zero-order valence-corrected chi connectivity index (χ0v) is 21.0. The van der Waals surface area contributed by atoms with Crippen molar-refractivity contribution in [2.75, 3.05) is 51.5 Å². The molecule has 1 saturated heterocycles. The number of hydrogen-bond donors (Lipinski definition) is 0. The lowest BCUT2D eigenvalue weighted by molar-refractivity contribution is 0.0322. The Kier molecular flexibility index (Phi) is 6.39. The Morgan fingerprint density at radius 3 is 2.41 bits per heavy atom. The fraction of sp³-hybridized carbons (Fsp3) is 0.233. The maximum atomic E-state index is 6.04. The second kappa shape index (κ2) is 10.1. The second-order valence-electron chi connectivity index (χ2n) is 9.12. The quantitative estimate of drug-likeness (QED) is 0.352. The maximum Gasteiger partial charge on any atom is 0.161 e. The van der Waals surface area contributed by atoms with Crippen LogP contribution in [0, 0.1) is 0 Å². The van der Waals surface area contributed by atoms with Crippen LogP contribution in [0.25, 0.3) is 28.6 Å². The van der Waals surface area contributed by atoms with Gasteiger partial charge in [-0.2, -0.15) is 0 Å².